The summed E-state index contributed by atoms with van der Waals surface area (Å²) in [5.74, 6) is 0. The molecule has 0 atom stereocenters. The summed E-state index contributed by atoms with van der Waals surface area (Å²) in [6, 6.07) is 17.5. The topological polar surface area (TPSA) is 20.2 Å². The Morgan fingerprint density at radius 3 is 1.88 bits per heavy atom. The molecule has 0 aliphatic rings. The molecule has 0 spiro atoms. The van der Waals surface area contributed by atoms with Gasteiger partial charge in [-0.05, 0) is 46.2 Å². The fourth-order valence-corrected chi connectivity index (χ4v) is 2.94. The predicted molar refractivity (Wildman–Crippen MR) is 108 cm³/mol. The van der Waals surface area contributed by atoms with Crippen molar-refractivity contribution in [1.82, 2.24) is 0 Å². The minimum atomic E-state index is 0.0496. The number of halogens is 2. The molecule has 3 heteroatoms. The van der Waals surface area contributed by atoms with Gasteiger partial charge in [-0.1, -0.05) is 81.2 Å². The van der Waals surface area contributed by atoms with Gasteiger partial charge in [0.15, 0.2) is 0 Å². The van der Waals surface area contributed by atoms with E-state index < -0.39 is 0 Å². The van der Waals surface area contributed by atoms with Crippen LogP contribution in [0.4, 0.5) is 0 Å². The number of aliphatic hydroxyl groups excluding tert-OH is 1. The maximum Gasteiger partial charge on any atom is 0.0682 e. The molecule has 0 aliphatic heterocycles. The van der Waals surface area contributed by atoms with Gasteiger partial charge in [0.1, 0.15) is 0 Å². The number of benzene rings is 3. The summed E-state index contributed by atoms with van der Waals surface area (Å²) in [6.45, 7) is 8.05. The fourth-order valence-electron chi connectivity index (χ4n) is 2.32. The van der Waals surface area contributed by atoms with Gasteiger partial charge in [-0.3, -0.25) is 0 Å². The summed E-state index contributed by atoms with van der Waals surface area (Å²) in [7, 11) is 0. The van der Waals surface area contributed by atoms with E-state index in [1.807, 2.05) is 76.2 Å². The van der Waals surface area contributed by atoms with Gasteiger partial charge in [-0.25, -0.2) is 0 Å². The van der Waals surface area contributed by atoms with Crippen LogP contribution in [-0.2, 0) is 6.61 Å². The minimum Gasteiger partial charge on any atom is -0.392 e. The third-order valence-electron chi connectivity index (χ3n) is 3.34. The largest absolute Gasteiger partial charge is 0.392 e. The highest BCUT2D eigenvalue weighted by atomic mass is 35.5. The van der Waals surface area contributed by atoms with Crippen LogP contribution >= 0.6 is 23.2 Å². The second-order valence-corrected chi connectivity index (χ2v) is 5.47. The Morgan fingerprint density at radius 1 is 0.750 bits per heavy atom. The van der Waals surface area contributed by atoms with Crippen LogP contribution in [0.2, 0.25) is 10.0 Å². The van der Waals surface area contributed by atoms with Gasteiger partial charge < -0.3 is 5.11 Å². The van der Waals surface area contributed by atoms with E-state index in [0.717, 1.165) is 27.5 Å². The third-order valence-corrected chi connectivity index (χ3v) is 3.97. The van der Waals surface area contributed by atoms with E-state index in [1.54, 1.807) is 0 Å². The second-order valence-electron chi connectivity index (χ2n) is 4.65. The summed E-state index contributed by atoms with van der Waals surface area (Å²) < 4.78 is 0. The fraction of sp³-hybridized carbons (Fsp3) is 0.238. The lowest BCUT2D eigenvalue weighted by atomic mass is 10.00. The molecular weight excluding hydrogens is 339 g/mol. The number of aliphatic hydroxyl groups is 1. The van der Waals surface area contributed by atoms with Crippen molar-refractivity contribution in [3.63, 3.8) is 0 Å². The van der Waals surface area contributed by atoms with E-state index in [2.05, 4.69) is 6.07 Å². The Bertz CT molecular complexity index is 762. The van der Waals surface area contributed by atoms with Gasteiger partial charge in [-0.2, -0.15) is 0 Å². The van der Waals surface area contributed by atoms with Crippen LogP contribution in [0, 0.1) is 0 Å². The Hall–Kier alpha value is -1.54. The lowest BCUT2D eigenvalue weighted by Gasteiger charge is -2.09. The van der Waals surface area contributed by atoms with Gasteiger partial charge in [0.2, 0.25) is 0 Å². The molecule has 3 aromatic rings. The highest BCUT2D eigenvalue weighted by molar-refractivity contribution is 6.39. The molecule has 24 heavy (non-hydrogen) atoms. The molecule has 1 nitrogen and oxygen atoms in total. The molecule has 0 radical (unpaired) electrons. The molecule has 0 saturated heterocycles. The molecule has 0 heterocycles. The zero-order valence-corrected chi connectivity index (χ0v) is 16.1. The molecule has 0 unspecified atom stereocenters. The van der Waals surface area contributed by atoms with Crippen LogP contribution in [0.25, 0.3) is 21.9 Å². The zero-order valence-electron chi connectivity index (χ0n) is 14.6. The first-order chi connectivity index (χ1) is 11.7. The number of fused-ring (bicyclic) bond motifs is 1. The predicted octanol–water partition coefficient (Wildman–Crippen LogP) is 7.36. The lowest BCUT2D eigenvalue weighted by Crippen LogP contribution is -1.85. The van der Waals surface area contributed by atoms with Crippen molar-refractivity contribution >= 4 is 34.0 Å². The highest BCUT2D eigenvalue weighted by Gasteiger charge is 2.08. The third kappa shape index (κ3) is 4.73. The molecule has 0 aromatic heterocycles. The summed E-state index contributed by atoms with van der Waals surface area (Å²) in [5, 5.41) is 12.6. The van der Waals surface area contributed by atoms with Crippen LogP contribution in [0.3, 0.4) is 0 Å². The quantitative estimate of drug-likeness (QED) is 0.504. The highest BCUT2D eigenvalue weighted by Crippen LogP contribution is 2.35. The maximum atomic E-state index is 9.17. The van der Waals surface area contributed by atoms with Crippen molar-refractivity contribution < 1.29 is 5.11 Å². The Morgan fingerprint density at radius 2 is 1.29 bits per heavy atom. The van der Waals surface area contributed by atoms with Gasteiger partial charge in [0.05, 0.1) is 6.61 Å². The summed E-state index contributed by atoms with van der Waals surface area (Å²) >= 11 is 12.5. The van der Waals surface area contributed by atoms with E-state index in [4.69, 9.17) is 28.3 Å². The lowest BCUT2D eigenvalue weighted by molar-refractivity contribution is 0.282. The number of rotatable bonds is 2. The molecule has 0 amide bonds. The van der Waals surface area contributed by atoms with E-state index in [-0.39, 0.29) is 6.61 Å². The minimum absolute atomic E-state index is 0.0496. The van der Waals surface area contributed by atoms with Crippen molar-refractivity contribution in [3.8, 4) is 11.1 Å². The molecule has 0 bridgehead atoms. The molecule has 128 valence electrons. The standard InChI is InChI=1S/C17H12Cl2O.2C2H6/c18-15-2-1-3-16(19)17(15)14-7-6-12-8-11(10-20)4-5-13(12)9-14;2*1-2/h1-9,20H,10H2;2*1-2H3. The van der Waals surface area contributed by atoms with Crippen molar-refractivity contribution in [2.75, 3.05) is 0 Å². The molecule has 0 saturated carbocycles. The average Bonchev–Trinajstić information content (AvgIpc) is 2.64. The van der Waals surface area contributed by atoms with Crippen LogP contribution in [0.1, 0.15) is 33.3 Å². The van der Waals surface area contributed by atoms with Crippen LogP contribution in [-0.4, -0.2) is 5.11 Å². The first-order valence-corrected chi connectivity index (χ1v) is 9.02. The molecule has 0 aliphatic carbocycles. The van der Waals surface area contributed by atoms with Gasteiger partial charge in [0.25, 0.3) is 0 Å². The van der Waals surface area contributed by atoms with Crippen LogP contribution in [0.15, 0.2) is 54.6 Å². The first kappa shape index (κ1) is 20.5. The summed E-state index contributed by atoms with van der Waals surface area (Å²) in [5.41, 5.74) is 2.75. The molecule has 3 aromatic carbocycles. The van der Waals surface area contributed by atoms with Crippen LogP contribution in [0.5, 0.6) is 0 Å². The average molecular weight is 363 g/mol. The number of hydrogen-bond acceptors (Lipinski definition) is 1. The van der Waals surface area contributed by atoms with E-state index in [9.17, 15) is 0 Å². The normalized spacial score (nSPS) is 9.62. The van der Waals surface area contributed by atoms with E-state index in [1.165, 1.54) is 0 Å². The monoisotopic (exact) mass is 362 g/mol. The Balaban J connectivity index is 0.000000671. The van der Waals surface area contributed by atoms with Gasteiger partial charge in [0, 0.05) is 15.6 Å². The van der Waals surface area contributed by atoms with Crippen molar-refractivity contribution in [2.45, 2.75) is 34.3 Å². The molecular formula is C21H24Cl2O. The van der Waals surface area contributed by atoms with E-state index in [0.29, 0.717) is 10.0 Å². The first-order valence-electron chi connectivity index (χ1n) is 8.27. The van der Waals surface area contributed by atoms with Crippen molar-refractivity contribution in [1.29, 1.82) is 0 Å². The van der Waals surface area contributed by atoms with Gasteiger partial charge >= 0.3 is 0 Å². The summed E-state index contributed by atoms with van der Waals surface area (Å²) in [6.07, 6.45) is 0. The number of hydrogen-bond donors (Lipinski definition) is 1. The van der Waals surface area contributed by atoms with Crippen molar-refractivity contribution in [3.05, 3.63) is 70.2 Å². The summed E-state index contributed by atoms with van der Waals surface area (Å²) in [4.78, 5) is 0. The van der Waals surface area contributed by atoms with E-state index >= 15 is 0 Å². The molecule has 3 rings (SSSR count). The van der Waals surface area contributed by atoms with Crippen LogP contribution < -0.4 is 0 Å². The second kappa shape index (κ2) is 10.4. The molecule has 1 N–H and O–H groups in total. The van der Waals surface area contributed by atoms with Gasteiger partial charge in [-0.15, -0.1) is 0 Å². The Labute approximate surface area is 154 Å². The SMILES string of the molecule is CC.CC.OCc1ccc2cc(-c3c(Cl)cccc3Cl)ccc2c1. The maximum absolute atomic E-state index is 9.17. The smallest absolute Gasteiger partial charge is 0.0682 e. The Kier molecular flexibility index (Phi) is 8.84. The van der Waals surface area contributed by atoms with Crippen molar-refractivity contribution in [2.24, 2.45) is 0 Å². The zero-order chi connectivity index (χ0) is 18.1. The molecule has 0 fully saturated rings.